The van der Waals surface area contributed by atoms with Gasteiger partial charge in [-0.3, -0.25) is 4.79 Å². The van der Waals surface area contributed by atoms with Crippen molar-refractivity contribution in [2.75, 3.05) is 0 Å². The summed E-state index contributed by atoms with van der Waals surface area (Å²) >= 11 is 3.40. The number of hydrogen-bond donors (Lipinski definition) is 1. The highest BCUT2D eigenvalue weighted by atomic mass is 32.2. The second kappa shape index (κ2) is 7.23. The van der Waals surface area contributed by atoms with Crippen LogP contribution in [0.1, 0.15) is 56.4 Å². The number of rotatable bonds is 4. The smallest absolute Gasteiger partial charge is 0.233 e. The fourth-order valence-electron chi connectivity index (χ4n) is 3.95. The molecule has 2 atom stereocenters. The summed E-state index contributed by atoms with van der Waals surface area (Å²) < 4.78 is 0. The molecule has 2 aliphatic rings. The zero-order valence-electron chi connectivity index (χ0n) is 14.9. The van der Waals surface area contributed by atoms with Crippen molar-refractivity contribution in [3.63, 3.8) is 0 Å². The molecule has 1 amide bonds. The number of thiophene rings is 1. The third kappa shape index (κ3) is 3.56. The quantitative estimate of drug-likeness (QED) is 0.637. The van der Waals surface area contributed by atoms with Gasteiger partial charge in [0.1, 0.15) is 16.2 Å². The predicted molar refractivity (Wildman–Crippen MR) is 104 cm³/mol. The molecule has 2 aliphatic carbocycles. The van der Waals surface area contributed by atoms with Gasteiger partial charge < -0.3 is 5.32 Å². The van der Waals surface area contributed by atoms with Crippen molar-refractivity contribution >= 4 is 39.2 Å². The third-order valence-corrected chi connectivity index (χ3v) is 7.68. The Morgan fingerprint density at radius 1 is 1.32 bits per heavy atom. The maximum atomic E-state index is 12.5. The average molecular weight is 376 g/mol. The van der Waals surface area contributed by atoms with Crippen LogP contribution < -0.4 is 5.32 Å². The van der Waals surface area contributed by atoms with E-state index in [-0.39, 0.29) is 11.2 Å². The molecule has 0 aliphatic heterocycles. The van der Waals surface area contributed by atoms with E-state index in [4.69, 9.17) is 0 Å². The average Bonchev–Trinajstić information content (AvgIpc) is 3.21. The molecule has 6 heteroatoms. The standard InChI is InChI=1S/C19H25N3OS2/c1-11-7-8-14-15(9-11)25-19-16(14)18(20-10-21-19)24-12(2)17(23)22-13-5-3-4-6-13/h10-13H,3-9H2,1-2H3,(H,22,23)/t11-,12-/m0/s1. The number of hydrogen-bond acceptors (Lipinski definition) is 5. The minimum absolute atomic E-state index is 0.128. The first-order chi connectivity index (χ1) is 12.1. The number of carbonyl (C=O) groups is 1. The molecule has 0 radical (unpaired) electrons. The maximum Gasteiger partial charge on any atom is 0.233 e. The first-order valence-electron chi connectivity index (χ1n) is 9.34. The molecule has 0 spiro atoms. The Hall–Kier alpha value is -1.14. The second-order valence-corrected chi connectivity index (χ2v) is 9.87. The fraction of sp³-hybridized carbons (Fsp3) is 0.632. The Bertz CT molecular complexity index is 782. The first-order valence-corrected chi connectivity index (χ1v) is 11.0. The van der Waals surface area contributed by atoms with Gasteiger partial charge in [0.05, 0.1) is 5.25 Å². The van der Waals surface area contributed by atoms with Crippen molar-refractivity contribution in [1.82, 2.24) is 15.3 Å². The summed E-state index contributed by atoms with van der Waals surface area (Å²) in [4.78, 5) is 24.1. The van der Waals surface area contributed by atoms with Crippen molar-refractivity contribution in [2.24, 2.45) is 5.92 Å². The van der Waals surface area contributed by atoms with Crippen LogP contribution in [0.3, 0.4) is 0 Å². The van der Waals surface area contributed by atoms with E-state index in [9.17, 15) is 4.79 Å². The van der Waals surface area contributed by atoms with Gasteiger partial charge in [0.2, 0.25) is 5.91 Å². The predicted octanol–water partition coefficient (Wildman–Crippen LogP) is 4.36. The van der Waals surface area contributed by atoms with E-state index in [1.165, 1.54) is 35.1 Å². The Balaban J connectivity index is 1.55. The van der Waals surface area contributed by atoms with Crippen LogP contribution in [0.15, 0.2) is 11.4 Å². The van der Waals surface area contributed by atoms with Crippen molar-refractivity contribution in [2.45, 2.75) is 75.1 Å². The number of aryl methyl sites for hydroxylation is 1. The largest absolute Gasteiger partial charge is 0.352 e. The van der Waals surface area contributed by atoms with Gasteiger partial charge in [-0.25, -0.2) is 9.97 Å². The van der Waals surface area contributed by atoms with E-state index in [0.717, 1.165) is 41.5 Å². The highest BCUT2D eigenvalue weighted by molar-refractivity contribution is 8.00. The Morgan fingerprint density at radius 3 is 2.92 bits per heavy atom. The summed E-state index contributed by atoms with van der Waals surface area (Å²) in [5.74, 6) is 0.891. The van der Waals surface area contributed by atoms with E-state index in [2.05, 4.69) is 22.2 Å². The van der Waals surface area contributed by atoms with Crippen LogP contribution in [0.25, 0.3) is 10.2 Å². The summed E-state index contributed by atoms with van der Waals surface area (Å²) in [5.41, 5.74) is 1.43. The van der Waals surface area contributed by atoms with Gasteiger partial charge in [0.25, 0.3) is 0 Å². The van der Waals surface area contributed by atoms with Gasteiger partial charge >= 0.3 is 0 Å². The molecule has 4 rings (SSSR count). The number of amides is 1. The van der Waals surface area contributed by atoms with Crippen LogP contribution in [0.5, 0.6) is 0 Å². The molecule has 1 N–H and O–H groups in total. The lowest BCUT2D eigenvalue weighted by Crippen LogP contribution is -2.37. The highest BCUT2D eigenvalue weighted by Gasteiger charge is 2.26. The Kier molecular flexibility index (Phi) is 5.00. The molecule has 2 aromatic rings. The molecule has 1 fully saturated rings. The van der Waals surface area contributed by atoms with Crippen LogP contribution >= 0.6 is 23.1 Å². The second-order valence-electron chi connectivity index (χ2n) is 7.46. The normalized spacial score (nSPS) is 22.1. The van der Waals surface area contributed by atoms with E-state index in [0.29, 0.717) is 6.04 Å². The SMILES string of the molecule is C[C@H]1CCc2c(sc3ncnc(S[C@@H](C)C(=O)NC4CCCC4)c23)C1. The van der Waals surface area contributed by atoms with E-state index in [1.54, 1.807) is 18.1 Å². The molecule has 25 heavy (non-hydrogen) atoms. The lowest BCUT2D eigenvalue weighted by molar-refractivity contribution is -0.120. The summed E-state index contributed by atoms with van der Waals surface area (Å²) in [6, 6.07) is 0.372. The molecule has 134 valence electrons. The van der Waals surface area contributed by atoms with Crippen LogP contribution in [-0.2, 0) is 17.6 Å². The molecule has 0 unspecified atom stereocenters. The highest BCUT2D eigenvalue weighted by Crippen LogP contribution is 2.41. The molecule has 0 aromatic carbocycles. The summed E-state index contributed by atoms with van der Waals surface area (Å²) in [7, 11) is 0. The molecule has 1 saturated carbocycles. The molecule has 2 aromatic heterocycles. The third-order valence-electron chi connectivity index (χ3n) is 5.42. The lowest BCUT2D eigenvalue weighted by Gasteiger charge is -2.19. The summed E-state index contributed by atoms with van der Waals surface area (Å²) in [6.45, 7) is 4.31. The number of fused-ring (bicyclic) bond motifs is 3. The van der Waals surface area contributed by atoms with Gasteiger partial charge in [0, 0.05) is 16.3 Å². The molecule has 0 bridgehead atoms. The van der Waals surface area contributed by atoms with Crippen molar-refractivity contribution in [3.8, 4) is 0 Å². The van der Waals surface area contributed by atoms with Gasteiger partial charge in [0.15, 0.2) is 0 Å². The molecular formula is C19H25N3OS2. The first kappa shape index (κ1) is 17.3. The number of aromatic nitrogens is 2. The van der Waals surface area contributed by atoms with E-state index in [1.807, 2.05) is 18.3 Å². The molecular weight excluding hydrogens is 350 g/mol. The number of nitrogens with one attached hydrogen (secondary N) is 1. The molecule has 4 nitrogen and oxygen atoms in total. The monoisotopic (exact) mass is 375 g/mol. The van der Waals surface area contributed by atoms with Crippen LogP contribution in [0.4, 0.5) is 0 Å². The Morgan fingerprint density at radius 2 is 2.12 bits per heavy atom. The van der Waals surface area contributed by atoms with E-state index >= 15 is 0 Å². The number of carbonyl (C=O) groups excluding carboxylic acids is 1. The van der Waals surface area contributed by atoms with Crippen molar-refractivity contribution in [1.29, 1.82) is 0 Å². The lowest BCUT2D eigenvalue weighted by atomic mass is 9.89. The maximum absolute atomic E-state index is 12.5. The summed E-state index contributed by atoms with van der Waals surface area (Å²) in [5, 5.41) is 5.27. The van der Waals surface area contributed by atoms with Crippen LogP contribution in [-0.4, -0.2) is 27.2 Å². The van der Waals surface area contributed by atoms with Gasteiger partial charge in [-0.1, -0.05) is 31.5 Å². The van der Waals surface area contributed by atoms with Crippen molar-refractivity contribution in [3.05, 3.63) is 16.8 Å². The van der Waals surface area contributed by atoms with E-state index < -0.39 is 0 Å². The van der Waals surface area contributed by atoms with Gasteiger partial charge in [-0.2, -0.15) is 0 Å². The van der Waals surface area contributed by atoms with Gasteiger partial charge in [-0.15, -0.1) is 11.3 Å². The topological polar surface area (TPSA) is 54.9 Å². The Labute approximate surface area is 157 Å². The van der Waals surface area contributed by atoms with Crippen LogP contribution in [0.2, 0.25) is 0 Å². The minimum Gasteiger partial charge on any atom is -0.352 e. The number of nitrogens with zero attached hydrogens (tertiary/aromatic N) is 2. The van der Waals surface area contributed by atoms with Gasteiger partial charge in [-0.05, 0) is 50.5 Å². The minimum atomic E-state index is -0.128. The van der Waals surface area contributed by atoms with Crippen LogP contribution in [0, 0.1) is 5.92 Å². The molecule has 0 saturated heterocycles. The number of thioether (sulfide) groups is 1. The zero-order chi connectivity index (χ0) is 17.4. The summed E-state index contributed by atoms with van der Waals surface area (Å²) in [6.07, 6.45) is 9.86. The zero-order valence-corrected chi connectivity index (χ0v) is 16.5. The molecule has 2 heterocycles. The fourth-order valence-corrected chi connectivity index (χ4v) is 6.32. The van der Waals surface area contributed by atoms with Crippen molar-refractivity contribution < 1.29 is 4.79 Å².